The van der Waals surface area contributed by atoms with E-state index >= 15 is 0 Å². The Bertz CT molecular complexity index is 722. The molecule has 2 aromatic rings. The van der Waals surface area contributed by atoms with Crippen molar-refractivity contribution in [1.82, 2.24) is 10.3 Å². The van der Waals surface area contributed by atoms with E-state index < -0.39 is 18.0 Å². The summed E-state index contributed by atoms with van der Waals surface area (Å²) in [5.41, 5.74) is 6.94. The van der Waals surface area contributed by atoms with Crippen molar-refractivity contribution in [2.45, 2.75) is 31.9 Å². The van der Waals surface area contributed by atoms with Crippen LogP contribution in [0.25, 0.3) is 0 Å². The number of nitrogens with one attached hydrogen (secondary N) is 2. The Labute approximate surface area is 157 Å². The normalized spacial score (nSPS) is 11.4. The van der Waals surface area contributed by atoms with E-state index in [1.165, 1.54) is 0 Å². The molecule has 0 radical (unpaired) electrons. The van der Waals surface area contributed by atoms with Crippen molar-refractivity contribution < 1.29 is 19.4 Å². The van der Waals surface area contributed by atoms with Gasteiger partial charge in [0.2, 0.25) is 0 Å². The Balaban J connectivity index is 1.82. The molecule has 0 aliphatic rings. The second-order valence-electron chi connectivity index (χ2n) is 5.94. The third-order valence-electron chi connectivity index (χ3n) is 3.82. The number of carbonyl (C=O) groups is 2. The number of carboxylic acid groups (broad SMARTS) is 1. The minimum Gasteiger partial charge on any atom is -0.489 e. The highest BCUT2D eigenvalue weighted by Gasteiger charge is 2.19. The highest BCUT2D eigenvalue weighted by molar-refractivity contribution is 5.92. The van der Waals surface area contributed by atoms with Crippen LogP contribution in [0.15, 0.2) is 48.8 Å². The van der Waals surface area contributed by atoms with Gasteiger partial charge in [0.05, 0.1) is 0 Å². The average molecular weight is 372 g/mol. The van der Waals surface area contributed by atoms with E-state index in [4.69, 9.17) is 10.5 Å². The SMILES string of the molecule is NCCCCC(NC(=O)Nc1ccc(OCc2ccncc2)cc1)C(=O)O. The van der Waals surface area contributed by atoms with Gasteiger partial charge in [-0.2, -0.15) is 0 Å². The van der Waals surface area contributed by atoms with Crippen LogP contribution in [-0.2, 0) is 11.4 Å². The lowest BCUT2D eigenvalue weighted by molar-refractivity contribution is -0.139. The predicted molar refractivity (Wildman–Crippen MR) is 101 cm³/mol. The van der Waals surface area contributed by atoms with E-state index in [0.29, 0.717) is 43.9 Å². The van der Waals surface area contributed by atoms with Gasteiger partial charge in [-0.3, -0.25) is 4.98 Å². The maximum absolute atomic E-state index is 12.0. The fourth-order valence-corrected chi connectivity index (χ4v) is 2.36. The van der Waals surface area contributed by atoms with Gasteiger partial charge >= 0.3 is 12.0 Å². The number of rotatable bonds is 10. The number of aliphatic carboxylic acids is 1. The van der Waals surface area contributed by atoms with Crippen molar-refractivity contribution in [1.29, 1.82) is 0 Å². The van der Waals surface area contributed by atoms with Gasteiger partial charge in [-0.25, -0.2) is 9.59 Å². The number of anilines is 1. The summed E-state index contributed by atoms with van der Waals surface area (Å²) in [6.07, 6.45) is 5.09. The molecule has 0 saturated heterocycles. The zero-order valence-corrected chi connectivity index (χ0v) is 14.9. The van der Waals surface area contributed by atoms with Crippen molar-refractivity contribution in [2.24, 2.45) is 5.73 Å². The Morgan fingerprint density at radius 3 is 2.44 bits per heavy atom. The number of amides is 2. The van der Waals surface area contributed by atoms with Gasteiger partial charge < -0.3 is 26.2 Å². The third-order valence-corrected chi connectivity index (χ3v) is 3.82. The van der Waals surface area contributed by atoms with Crippen LogP contribution in [0.1, 0.15) is 24.8 Å². The van der Waals surface area contributed by atoms with Crippen LogP contribution < -0.4 is 21.1 Å². The number of aromatic nitrogens is 1. The number of nitrogens with zero attached hydrogens (tertiary/aromatic N) is 1. The largest absolute Gasteiger partial charge is 0.489 e. The standard InChI is InChI=1S/C19H24N4O4/c20-10-2-1-3-17(18(24)25)23-19(26)22-15-4-6-16(7-5-15)27-13-14-8-11-21-12-9-14/h4-9,11-12,17H,1-3,10,13,20H2,(H,24,25)(H2,22,23,26). The molecule has 0 aliphatic carbocycles. The molecule has 27 heavy (non-hydrogen) atoms. The molecule has 1 atom stereocenters. The van der Waals surface area contributed by atoms with Gasteiger partial charge in [-0.15, -0.1) is 0 Å². The van der Waals surface area contributed by atoms with Gasteiger partial charge in [0.25, 0.3) is 0 Å². The first-order valence-corrected chi connectivity index (χ1v) is 8.70. The molecule has 0 saturated carbocycles. The van der Waals surface area contributed by atoms with Crippen molar-refractivity contribution >= 4 is 17.7 Å². The topological polar surface area (TPSA) is 127 Å². The first kappa shape index (κ1) is 20.2. The molecule has 2 amide bonds. The van der Waals surface area contributed by atoms with Crippen molar-refractivity contribution in [3.8, 4) is 5.75 Å². The van der Waals surface area contributed by atoms with Crippen molar-refractivity contribution in [2.75, 3.05) is 11.9 Å². The molecule has 1 aromatic heterocycles. The Morgan fingerprint density at radius 1 is 1.11 bits per heavy atom. The first-order chi connectivity index (χ1) is 13.1. The molecule has 8 heteroatoms. The van der Waals surface area contributed by atoms with Crippen LogP contribution in [0.4, 0.5) is 10.5 Å². The molecule has 5 N–H and O–H groups in total. The Kier molecular flexibility index (Phi) is 8.05. The summed E-state index contributed by atoms with van der Waals surface area (Å²) in [4.78, 5) is 27.2. The van der Waals surface area contributed by atoms with Gasteiger partial charge in [-0.05, 0) is 67.8 Å². The maximum atomic E-state index is 12.0. The zero-order chi connectivity index (χ0) is 19.5. The number of carbonyl (C=O) groups excluding carboxylic acids is 1. The van der Waals surface area contributed by atoms with Gasteiger partial charge in [0, 0.05) is 18.1 Å². The number of hydrogen-bond donors (Lipinski definition) is 4. The molecule has 144 valence electrons. The van der Waals surface area contributed by atoms with Crippen LogP contribution >= 0.6 is 0 Å². The fourth-order valence-electron chi connectivity index (χ4n) is 2.36. The maximum Gasteiger partial charge on any atom is 0.326 e. The Morgan fingerprint density at radius 2 is 1.81 bits per heavy atom. The van der Waals surface area contributed by atoms with E-state index in [0.717, 1.165) is 5.56 Å². The van der Waals surface area contributed by atoms with E-state index in [2.05, 4.69) is 15.6 Å². The van der Waals surface area contributed by atoms with Gasteiger partial charge in [-0.1, -0.05) is 0 Å². The number of pyridine rings is 1. The van der Waals surface area contributed by atoms with E-state index in [1.54, 1.807) is 36.7 Å². The van der Waals surface area contributed by atoms with Gasteiger partial charge in [0.15, 0.2) is 0 Å². The summed E-state index contributed by atoms with van der Waals surface area (Å²) in [6.45, 7) is 0.910. The number of hydrogen-bond acceptors (Lipinski definition) is 5. The molecular weight excluding hydrogens is 348 g/mol. The summed E-state index contributed by atoms with van der Waals surface area (Å²) in [5.74, 6) is -0.412. The number of urea groups is 1. The minimum absolute atomic E-state index is 0.335. The lowest BCUT2D eigenvalue weighted by Crippen LogP contribution is -2.43. The van der Waals surface area contributed by atoms with Crippen LogP contribution in [-0.4, -0.2) is 34.7 Å². The summed E-state index contributed by atoms with van der Waals surface area (Å²) in [5, 5.41) is 14.3. The number of unbranched alkanes of at least 4 members (excludes halogenated alkanes) is 1. The average Bonchev–Trinajstić information content (AvgIpc) is 2.67. The van der Waals surface area contributed by atoms with Gasteiger partial charge in [0.1, 0.15) is 18.4 Å². The van der Waals surface area contributed by atoms with E-state index in [-0.39, 0.29) is 0 Å². The lowest BCUT2D eigenvalue weighted by atomic mass is 10.1. The summed E-state index contributed by atoms with van der Waals surface area (Å²) < 4.78 is 5.66. The van der Waals surface area contributed by atoms with E-state index in [9.17, 15) is 14.7 Å². The molecule has 0 aliphatic heterocycles. The summed E-state index contributed by atoms with van der Waals surface area (Å²) in [7, 11) is 0. The third kappa shape index (κ3) is 7.33. The minimum atomic E-state index is -1.07. The smallest absolute Gasteiger partial charge is 0.326 e. The molecular formula is C19H24N4O4. The first-order valence-electron chi connectivity index (χ1n) is 8.70. The predicted octanol–water partition coefficient (Wildman–Crippen LogP) is 2.36. The monoisotopic (exact) mass is 372 g/mol. The fraction of sp³-hybridized carbons (Fsp3) is 0.316. The van der Waals surface area contributed by atoms with Crippen LogP contribution in [0.3, 0.4) is 0 Å². The molecule has 0 bridgehead atoms. The molecule has 2 rings (SSSR count). The van der Waals surface area contributed by atoms with E-state index in [1.807, 2.05) is 12.1 Å². The number of carboxylic acids is 1. The van der Waals surface area contributed by atoms with Crippen LogP contribution in [0.2, 0.25) is 0 Å². The lowest BCUT2D eigenvalue weighted by Gasteiger charge is -2.15. The Hall–Kier alpha value is -3.13. The molecule has 0 fully saturated rings. The van der Waals surface area contributed by atoms with Crippen molar-refractivity contribution in [3.63, 3.8) is 0 Å². The molecule has 8 nitrogen and oxygen atoms in total. The quantitative estimate of drug-likeness (QED) is 0.474. The zero-order valence-electron chi connectivity index (χ0n) is 14.9. The highest BCUT2D eigenvalue weighted by atomic mass is 16.5. The molecule has 1 heterocycles. The second-order valence-corrected chi connectivity index (χ2v) is 5.94. The summed E-state index contributed by atoms with van der Waals surface area (Å²) in [6, 6.07) is 9.05. The number of benzene rings is 1. The van der Waals surface area contributed by atoms with Crippen molar-refractivity contribution in [3.05, 3.63) is 54.4 Å². The second kappa shape index (κ2) is 10.8. The molecule has 0 spiro atoms. The highest BCUT2D eigenvalue weighted by Crippen LogP contribution is 2.17. The number of nitrogens with two attached hydrogens (primary N) is 1. The summed E-state index contributed by atoms with van der Waals surface area (Å²) >= 11 is 0. The van der Waals surface area contributed by atoms with Crippen LogP contribution in [0.5, 0.6) is 5.75 Å². The molecule has 1 unspecified atom stereocenters. The van der Waals surface area contributed by atoms with Crippen LogP contribution in [0, 0.1) is 0 Å². The number of ether oxygens (including phenoxy) is 1. The molecule has 1 aromatic carbocycles.